The van der Waals surface area contributed by atoms with E-state index in [9.17, 15) is 5.11 Å². The first-order chi connectivity index (χ1) is 9.84. The zero-order valence-corrected chi connectivity index (χ0v) is 10.6. The summed E-state index contributed by atoms with van der Waals surface area (Å²) in [7, 11) is 0. The van der Waals surface area contributed by atoms with E-state index in [1.807, 2.05) is 18.2 Å². The first kappa shape index (κ1) is 11.6. The molecule has 1 aliphatic carbocycles. The summed E-state index contributed by atoms with van der Waals surface area (Å²) in [4.78, 5) is 9.98. The first-order valence-corrected chi connectivity index (χ1v) is 6.38. The molecule has 2 atom stereocenters. The zero-order chi connectivity index (χ0) is 13.5. The van der Waals surface area contributed by atoms with Gasteiger partial charge in [-0.1, -0.05) is 23.3 Å². The van der Waals surface area contributed by atoms with E-state index in [-0.39, 0.29) is 6.04 Å². The SMILES string of the molecule is OC1c2cccc(N3C=CON3)c2CC1N1C=CON1. The van der Waals surface area contributed by atoms with Gasteiger partial charge in [0.1, 0.15) is 18.6 Å². The average Bonchev–Trinajstić information content (AvgIpc) is 3.19. The molecule has 1 aromatic carbocycles. The van der Waals surface area contributed by atoms with Gasteiger partial charge in [0.2, 0.25) is 0 Å². The fourth-order valence-corrected chi connectivity index (χ4v) is 2.83. The Kier molecular flexibility index (Phi) is 2.56. The number of hydrogen-bond donors (Lipinski definition) is 3. The van der Waals surface area contributed by atoms with Crippen LogP contribution in [0.15, 0.2) is 43.1 Å². The van der Waals surface area contributed by atoms with E-state index in [4.69, 9.17) is 9.68 Å². The molecule has 0 radical (unpaired) electrons. The standard InChI is InChI=1S/C13H14N4O3/c18-13-9-2-1-3-11(16-4-6-19-14-16)10(9)8-12(13)17-5-7-20-15-17/h1-7,12-15,18H,8H2. The van der Waals surface area contributed by atoms with Crippen LogP contribution >= 0.6 is 0 Å². The van der Waals surface area contributed by atoms with Crippen molar-refractivity contribution in [2.75, 3.05) is 5.01 Å². The van der Waals surface area contributed by atoms with Gasteiger partial charge in [-0.25, -0.2) is 5.01 Å². The van der Waals surface area contributed by atoms with Gasteiger partial charge in [-0.3, -0.25) is 5.01 Å². The molecule has 20 heavy (non-hydrogen) atoms. The lowest BCUT2D eigenvalue weighted by molar-refractivity contribution is -0.0254. The molecule has 0 bridgehead atoms. The molecule has 2 aliphatic heterocycles. The van der Waals surface area contributed by atoms with Gasteiger partial charge in [0.15, 0.2) is 0 Å². The monoisotopic (exact) mass is 274 g/mol. The molecule has 1 aromatic rings. The molecule has 7 heteroatoms. The van der Waals surface area contributed by atoms with Gasteiger partial charge in [0.05, 0.1) is 24.1 Å². The normalized spacial score (nSPS) is 26.9. The van der Waals surface area contributed by atoms with Crippen molar-refractivity contribution in [1.29, 1.82) is 0 Å². The Labute approximate surface area is 115 Å². The molecule has 2 heterocycles. The largest absolute Gasteiger partial charge is 0.395 e. The van der Waals surface area contributed by atoms with Gasteiger partial charge in [-0.15, -0.1) is 0 Å². The van der Waals surface area contributed by atoms with Crippen molar-refractivity contribution < 1.29 is 14.8 Å². The minimum absolute atomic E-state index is 0.0996. The summed E-state index contributed by atoms with van der Waals surface area (Å²) < 4.78 is 0. The van der Waals surface area contributed by atoms with Gasteiger partial charge in [0, 0.05) is 0 Å². The number of aliphatic hydroxyl groups excluding tert-OH is 1. The molecule has 7 nitrogen and oxygen atoms in total. The molecule has 3 N–H and O–H groups in total. The number of benzene rings is 1. The van der Waals surface area contributed by atoms with Crippen LogP contribution in [0.1, 0.15) is 17.2 Å². The maximum Gasteiger partial charge on any atom is 0.131 e. The Bertz CT molecular complexity index is 589. The lowest BCUT2D eigenvalue weighted by Crippen LogP contribution is -2.40. The van der Waals surface area contributed by atoms with Crippen molar-refractivity contribution in [3.8, 4) is 0 Å². The summed E-state index contributed by atoms with van der Waals surface area (Å²) >= 11 is 0. The second-order valence-corrected chi connectivity index (χ2v) is 4.83. The van der Waals surface area contributed by atoms with Gasteiger partial charge in [-0.05, 0) is 23.6 Å². The summed E-state index contributed by atoms with van der Waals surface area (Å²) in [5.41, 5.74) is 8.52. The van der Waals surface area contributed by atoms with Crippen molar-refractivity contribution in [3.63, 3.8) is 0 Å². The van der Waals surface area contributed by atoms with Crippen molar-refractivity contribution >= 4 is 5.69 Å². The molecule has 0 spiro atoms. The Morgan fingerprint density at radius 1 is 1.15 bits per heavy atom. The van der Waals surface area contributed by atoms with Gasteiger partial charge >= 0.3 is 0 Å². The Balaban J connectivity index is 1.69. The second-order valence-electron chi connectivity index (χ2n) is 4.83. The van der Waals surface area contributed by atoms with E-state index in [0.717, 1.165) is 16.8 Å². The number of anilines is 1. The van der Waals surface area contributed by atoms with E-state index < -0.39 is 6.10 Å². The van der Waals surface area contributed by atoms with Gasteiger partial charge < -0.3 is 14.8 Å². The highest BCUT2D eigenvalue weighted by atomic mass is 16.7. The Hall–Kier alpha value is -2.22. The smallest absolute Gasteiger partial charge is 0.131 e. The number of hydrazine groups is 2. The quantitative estimate of drug-likeness (QED) is 0.729. The molecular formula is C13H14N4O3. The molecule has 0 amide bonds. The Morgan fingerprint density at radius 3 is 2.75 bits per heavy atom. The van der Waals surface area contributed by atoms with Crippen LogP contribution in [0.3, 0.4) is 0 Å². The summed E-state index contributed by atoms with van der Waals surface area (Å²) in [5.74, 6) is 0. The molecule has 2 unspecified atom stereocenters. The molecule has 0 saturated heterocycles. The lowest BCUT2D eigenvalue weighted by atomic mass is 10.1. The van der Waals surface area contributed by atoms with Gasteiger partial charge in [0.25, 0.3) is 0 Å². The van der Waals surface area contributed by atoms with Crippen LogP contribution < -0.4 is 16.2 Å². The fraction of sp³-hybridized carbons (Fsp3) is 0.231. The third-order valence-electron chi connectivity index (χ3n) is 3.78. The molecule has 0 fully saturated rings. The Morgan fingerprint density at radius 2 is 2.00 bits per heavy atom. The molecular weight excluding hydrogens is 260 g/mol. The van der Waals surface area contributed by atoms with E-state index in [2.05, 4.69) is 11.2 Å². The third kappa shape index (κ3) is 1.64. The van der Waals surface area contributed by atoms with Gasteiger partial charge in [-0.2, -0.15) is 0 Å². The summed E-state index contributed by atoms with van der Waals surface area (Å²) in [6.45, 7) is 0. The average molecular weight is 274 g/mol. The number of nitrogens with zero attached hydrogens (tertiary/aromatic N) is 2. The predicted molar refractivity (Wildman–Crippen MR) is 69.9 cm³/mol. The fourth-order valence-electron chi connectivity index (χ4n) is 2.83. The second kappa shape index (κ2) is 4.41. The highest BCUT2D eigenvalue weighted by Gasteiger charge is 2.37. The highest BCUT2D eigenvalue weighted by Crippen LogP contribution is 2.39. The number of nitrogens with one attached hydrogen (secondary N) is 2. The van der Waals surface area contributed by atoms with Crippen LogP contribution in [-0.4, -0.2) is 16.2 Å². The van der Waals surface area contributed by atoms with E-state index in [1.165, 1.54) is 0 Å². The van der Waals surface area contributed by atoms with Crippen LogP contribution in [0.25, 0.3) is 0 Å². The molecule has 0 aromatic heterocycles. The molecule has 104 valence electrons. The van der Waals surface area contributed by atoms with E-state index in [0.29, 0.717) is 6.42 Å². The zero-order valence-electron chi connectivity index (χ0n) is 10.6. The van der Waals surface area contributed by atoms with Crippen molar-refractivity contribution in [2.24, 2.45) is 0 Å². The van der Waals surface area contributed by atoms with E-state index >= 15 is 0 Å². The molecule has 4 rings (SSSR count). The summed E-state index contributed by atoms with van der Waals surface area (Å²) in [5, 5.41) is 14.1. The first-order valence-electron chi connectivity index (χ1n) is 6.38. The van der Waals surface area contributed by atoms with E-state index in [1.54, 1.807) is 34.9 Å². The number of aliphatic hydroxyl groups is 1. The van der Waals surface area contributed by atoms with Crippen LogP contribution in [0, 0.1) is 0 Å². The minimum Gasteiger partial charge on any atom is -0.395 e. The molecule has 3 aliphatic rings. The third-order valence-corrected chi connectivity index (χ3v) is 3.78. The van der Waals surface area contributed by atoms with Crippen molar-refractivity contribution in [3.05, 3.63) is 54.3 Å². The lowest BCUT2D eigenvalue weighted by Gasteiger charge is -2.24. The number of rotatable bonds is 2. The number of fused-ring (bicyclic) bond motifs is 1. The predicted octanol–water partition coefficient (Wildman–Crippen LogP) is 0.595. The van der Waals surface area contributed by atoms with Crippen LogP contribution in [0.2, 0.25) is 0 Å². The highest BCUT2D eigenvalue weighted by molar-refractivity contribution is 5.60. The maximum atomic E-state index is 10.5. The number of hydrogen-bond acceptors (Lipinski definition) is 7. The van der Waals surface area contributed by atoms with Crippen LogP contribution in [0.5, 0.6) is 0 Å². The minimum atomic E-state index is -0.573. The summed E-state index contributed by atoms with van der Waals surface area (Å²) in [6.07, 6.45) is 6.83. The maximum absolute atomic E-state index is 10.5. The molecule has 0 saturated carbocycles. The summed E-state index contributed by atoms with van der Waals surface area (Å²) in [6, 6.07) is 5.77. The van der Waals surface area contributed by atoms with Crippen molar-refractivity contribution in [2.45, 2.75) is 18.6 Å². The van der Waals surface area contributed by atoms with Crippen LogP contribution in [-0.2, 0) is 16.1 Å². The van der Waals surface area contributed by atoms with Crippen molar-refractivity contribution in [1.82, 2.24) is 16.2 Å². The topological polar surface area (TPSA) is 69.2 Å². The van der Waals surface area contributed by atoms with Crippen LogP contribution in [0.4, 0.5) is 5.69 Å².